The van der Waals surface area contributed by atoms with Gasteiger partial charge < -0.3 is 10.4 Å². The van der Waals surface area contributed by atoms with Crippen molar-refractivity contribution >= 4 is 16.7 Å². The van der Waals surface area contributed by atoms with E-state index >= 15 is 0 Å². The summed E-state index contributed by atoms with van der Waals surface area (Å²) in [5.74, 6) is 1.63. The Balaban J connectivity index is 1.74. The molecule has 112 valence electrons. The molecule has 0 atom stereocenters. The molecule has 0 bridgehead atoms. The van der Waals surface area contributed by atoms with E-state index in [0.29, 0.717) is 6.54 Å². The van der Waals surface area contributed by atoms with E-state index in [4.69, 9.17) is 0 Å². The Morgan fingerprint density at radius 3 is 2.76 bits per heavy atom. The molecule has 3 rings (SSSR count). The van der Waals surface area contributed by atoms with Gasteiger partial charge in [-0.25, -0.2) is 4.98 Å². The van der Waals surface area contributed by atoms with Crippen LogP contribution in [0.4, 0.5) is 5.82 Å². The second-order valence-electron chi connectivity index (χ2n) is 6.61. The second-order valence-corrected chi connectivity index (χ2v) is 6.61. The molecule has 3 heteroatoms. The molecule has 0 amide bonds. The van der Waals surface area contributed by atoms with E-state index < -0.39 is 5.60 Å². The van der Waals surface area contributed by atoms with Gasteiger partial charge in [0.15, 0.2) is 0 Å². The zero-order valence-electron chi connectivity index (χ0n) is 12.9. The topological polar surface area (TPSA) is 45.2 Å². The van der Waals surface area contributed by atoms with Crippen LogP contribution in [0.2, 0.25) is 0 Å². The molecule has 1 heterocycles. The molecule has 3 nitrogen and oxygen atoms in total. The Bertz CT molecular complexity index is 630. The number of hydrogen-bond acceptors (Lipinski definition) is 3. The maximum absolute atomic E-state index is 10.7. The fourth-order valence-corrected chi connectivity index (χ4v) is 3.13. The Hall–Kier alpha value is -1.61. The highest BCUT2D eigenvalue weighted by molar-refractivity contribution is 5.81. The number of nitrogens with zero attached hydrogens (tertiary/aromatic N) is 1. The number of rotatable bonds is 3. The molecular formula is C18H24N2O. The molecule has 0 spiro atoms. The first-order valence-corrected chi connectivity index (χ1v) is 7.88. The first-order chi connectivity index (χ1) is 10.1. The molecular weight excluding hydrogens is 260 g/mol. The Labute approximate surface area is 126 Å². The summed E-state index contributed by atoms with van der Waals surface area (Å²) in [6.07, 6.45) is 3.99. The van der Waals surface area contributed by atoms with Gasteiger partial charge in [-0.05, 0) is 56.2 Å². The highest BCUT2D eigenvalue weighted by Crippen LogP contribution is 2.32. The summed E-state index contributed by atoms with van der Waals surface area (Å²) >= 11 is 0. The average Bonchev–Trinajstić information content (AvgIpc) is 2.49. The van der Waals surface area contributed by atoms with Crippen LogP contribution < -0.4 is 5.32 Å². The smallest absolute Gasteiger partial charge is 0.129 e. The molecule has 1 fully saturated rings. The van der Waals surface area contributed by atoms with Crippen molar-refractivity contribution in [1.82, 2.24) is 4.98 Å². The number of aromatic nitrogens is 1. The third-order valence-corrected chi connectivity index (χ3v) is 4.70. The van der Waals surface area contributed by atoms with Gasteiger partial charge in [0.05, 0.1) is 11.1 Å². The molecule has 0 unspecified atom stereocenters. The van der Waals surface area contributed by atoms with Crippen molar-refractivity contribution in [2.45, 2.75) is 45.1 Å². The third kappa shape index (κ3) is 3.18. The number of pyridine rings is 1. The molecule has 1 aromatic heterocycles. The predicted molar refractivity (Wildman–Crippen MR) is 87.6 cm³/mol. The van der Waals surface area contributed by atoms with Crippen molar-refractivity contribution < 1.29 is 5.11 Å². The van der Waals surface area contributed by atoms with Crippen LogP contribution in [0.1, 0.15) is 38.2 Å². The van der Waals surface area contributed by atoms with Crippen LogP contribution in [0.3, 0.4) is 0 Å². The Kier molecular flexibility index (Phi) is 3.85. The number of benzene rings is 1. The van der Waals surface area contributed by atoms with Crippen LogP contribution in [0.5, 0.6) is 0 Å². The third-order valence-electron chi connectivity index (χ3n) is 4.70. The van der Waals surface area contributed by atoms with Gasteiger partial charge in [-0.2, -0.15) is 0 Å². The average molecular weight is 284 g/mol. The van der Waals surface area contributed by atoms with Gasteiger partial charge in [0.25, 0.3) is 0 Å². The highest BCUT2D eigenvalue weighted by Gasteiger charge is 2.31. The standard InChI is InChI=1S/C18H24N2O/c1-13-7-9-18(21,10-8-13)12-19-17-14(2)11-15-5-3-4-6-16(15)20-17/h3-6,11,13,21H,7-10,12H2,1-2H3,(H,19,20). The molecule has 0 radical (unpaired) electrons. The molecule has 0 saturated heterocycles. The molecule has 0 aliphatic heterocycles. The first kappa shape index (κ1) is 14.3. The normalized spacial score (nSPS) is 26.0. The summed E-state index contributed by atoms with van der Waals surface area (Å²) < 4.78 is 0. The van der Waals surface area contributed by atoms with Crippen LogP contribution in [-0.2, 0) is 0 Å². The lowest BCUT2D eigenvalue weighted by molar-refractivity contribution is 0.00494. The SMILES string of the molecule is Cc1cc2ccccc2nc1NCC1(O)CCC(C)CC1. The summed E-state index contributed by atoms with van der Waals surface area (Å²) in [6, 6.07) is 10.3. The van der Waals surface area contributed by atoms with Crippen LogP contribution >= 0.6 is 0 Å². The van der Waals surface area contributed by atoms with Crippen molar-refractivity contribution in [3.05, 3.63) is 35.9 Å². The lowest BCUT2D eigenvalue weighted by Gasteiger charge is -2.35. The molecule has 2 aromatic rings. The van der Waals surface area contributed by atoms with Gasteiger partial charge in [-0.1, -0.05) is 25.1 Å². The van der Waals surface area contributed by atoms with Crippen LogP contribution in [0, 0.1) is 12.8 Å². The van der Waals surface area contributed by atoms with Crippen molar-refractivity contribution in [3.63, 3.8) is 0 Å². The largest absolute Gasteiger partial charge is 0.388 e. The zero-order chi connectivity index (χ0) is 14.9. The Morgan fingerprint density at radius 2 is 2.00 bits per heavy atom. The van der Waals surface area contributed by atoms with Crippen LogP contribution in [-0.4, -0.2) is 22.2 Å². The first-order valence-electron chi connectivity index (χ1n) is 7.88. The maximum atomic E-state index is 10.7. The van der Waals surface area contributed by atoms with E-state index in [1.54, 1.807) is 0 Å². The number of aryl methyl sites for hydroxylation is 1. The van der Waals surface area contributed by atoms with Gasteiger partial charge in [0.2, 0.25) is 0 Å². The summed E-state index contributed by atoms with van der Waals surface area (Å²) in [7, 11) is 0. The molecule has 2 N–H and O–H groups in total. The van der Waals surface area contributed by atoms with Crippen LogP contribution in [0.25, 0.3) is 10.9 Å². The number of fused-ring (bicyclic) bond motifs is 1. The molecule has 1 aromatic carbocycles. The van der Waals surface area contributed by atoms with E-state index in [-0.39, 0.29) is 0 Å². The van der Waals surface area contributed by atoms with Crippen LogP contribution in [0.15, 0.2) is 30.3 Å². The van der Waals surface area contributed by atoms with Gasteiger partial charge in [-0.3, -0.25) is 0 Å². The fourth-order valence-electron chi connectivity index (χ4n) is 3.13. The Morgan fingerprint density at radius 1 is 1.29 bits per heavy atom. The van der Waals surface area contributed by atoms with E-state index in [9.17, 15) is 5.11 Å². The number of aliphatic hydroxyl groups is 1. The molecule has 1 saturated carbocycles. The minimum Gasteiger partial charge on any atom is -0.388 e. The minimum absolute atomic E-state index is 0.577. The number of anilines is 1. The van der Waals surface area contributed by atoms with E-state index in [1.807, 2.05) is 18.2 Å². The van der Waals surface area contributed by atoms with Crippen molar-refractivity contribution in [3.8, 4) is 0 Å². The molecule has 1 aliphatic rings. The maximum Gasteiger partial charge on any atom is 0.129 e. The minimum atomic E-state index is -0.577. The van der Waals surface area contributed by atoms with Crippen molar-refractivity contribution in [2.24, 2.45) is 5.92 Å². The summed E-state index contributed by atoms with van der Waals surface area (Å²) in [5.41, 5.74) is 1.54. The monoisotopic (exact) mass is 284 g/mol. The number of hydrogen-bond donors (Lipinski definition) is 2. The number of para-hydroxylation sites is 1. The summed E-state index contributed by atoms with van der Waals surface area (Å²) in [5, 5.41) is 15.2. The lowest BCUT2D eigenvalue weighted by Crippen LogP contribution is -2.40. The zero-order valence-corrected chi connectivity index (χ0v) is 12.9. The predicted octanol–water partition coefficient (Wildman–Crippen LogP) is 3.90. The van der Waals surface area contributed by atoms with Crippen molar-refractivity contribution in [2.75, 3.05) is 11.9 Å². The van der Waals surface area contributed by atoms with Gasteiger partial charge >= 0.3 is 0 Å². The van der Waals surface area contributed by atoms with Gasteiger partial charge in [0.1, 0.15) is 5.82 Å². The lowest BCUT2D eigenvalue weighted by atomic mass is 9.79. The fraction of sp³-hybridized carbons (Fsp3) is 0.500. The summed E-state index contributed by atoms with van der Waals surface area (Å²) in [6.45, 7) is 4.92. The highest BCUT2D eigenvalue weighted by atomic mass is 16.3. The quantitative estimate of drug-likeness (QED) is 0.898. The molecule has 21 heavy (non-hydrogen) atoms. The molecule has 1 aliphatic carbocycles. The van der Waals surface area contributed by atoms with E-state index in [1.165, 1.54) is 0 Å². The van der Waals surface area contributed by atoms with Gasteiger partial charge in [-0.15, -0.1) is 0 Å². The van der Waals surface area contributed by atoms with E-state index in [2.05, 4.69) is 36.3 Å². The van der Waals surface area contributed by atoms with E-state index in [0.717, 1.165) is 53.9 Å². The second kappa shape index (κ2) is 5.64. The van der Waals surface area contributed by atoms with Crippen molar-refractivity contribution in [1.29, 1.82) is 0 Å². The van der Waals surface area contributed by atoms with Gasteiger partial charge in [0, 0.05) is 11.9 Å². The summed E-state index contributed by atoms with van der Waals surface area (Å²) in [4.78, 5) is 4.68. The number of nitrogens with one attached hydrogen (secondary N) is 1.